The van der Waals surface area contributed by atoms with Crippen molar-refractivity contribution in [1.29, 1.82) is 0 Å². The minimum absolute atomic E-state index is 0.277. The summed E-state index contributed by atoms with van der Waals surface area (Å²) in [6, 6.07) is 0. The van der Waals surface area contributed by atoms with E-state index in [0.717, 1.165) is 11.5 Å². The number of carbonyl (C=O) groups is 1. The standard InChI is InChI=1S/C8H16O3S2/c1-3-12-4-5-13(11)6-7(2)8(9)10/h7H,3-6H2,1-2H3,(H,9,10). The molecule has 0 rings (SSSR count). The number of hydrogen-bond donors (Lipinski definition) is 1. The summed E-state index contributed by atoms with van der Waals surface area (Å²) in [6.07, 6.45) is 0. The Morgan fingerprint density at radius 1 is 1.62 bits per heavy atom. The molecule has 0 aliphatic carbocycles. The van der Waals surface area contributed by atoms with Gasteiger partial charge in [-0.25, -0.2) is 0 Å². The fourth-order valence-corrected chi connectivity index (χ4v) is 3.10. The topological polar surface area (TPSA) is 54.4 Å². The van der Waals surface area contributed by atoms with Gasteiger partial charge in [0.05, 0.1) is 5.92 Å². The van der Waals surface area contributed by atoms with E-state index in [1.165, 1.54) is 0 Å². The third-order valence-electron chi connectivity index (χ3n) is 1.52. The van der Waals surface area contributed by atoms with Gasteiger partial charge in [0.2, 0.25) is 0 Å². The molecule has 0 aromatic heterocycles. The maximum atomic E-state index is 11.3. The van der Waals surface area contributed by atoms with Gasteiger partial charge >= 0.3 is 5.97 Å². The largest absolute Gasteiger partial charge is 0.481 e. The molecule has 0 bridgehead atoms. The van der Waals surface area contributed by atoms with Gasteiger partial charge in [-0.05, 0) is 5.75 Å². The SMILES string of the molecule is CCSCCS(=O)CC(C)C(=O)O. The van der Waals surface area contributed by atoms with Gasteiger partial charge in [0.1, 0.15) is 0 Å². The number of carboxylic acid groups (broad SMARTS) is 1. The molecule has 0 aliphatic rings. The molecule has 0 saturated carbocycles. The number of rotatable bonds is 7. The van der Waals surface area contributed by atoms with Crippen molar-refractivity contribution >= 4 is 28.5 Å². The highest BCUT2D eigenvalue weighted by molar-refractivity contribution is 8.00. The first-order valence-electron chi connectivity index (χ1n) is 4.23. The average molecular weight is 224 g/mol. The van der Waals surface area contributed by atoms with Gasteiger partial charge in [0.15, 0.2) is 0 Å². The molecule has 0 radical (unpaired) electrons. The Morgan fingerprint density at radius 2 is 2.23 bits per heavy atom. The molecule has 5 heteroatoms. The molecule has 78 valence electrons. The quantitative estimate of drug-likeness (QED) is 0.660. The van der Waals surface area contributed by atoms with E-state index in [-0.39, 0.29) is 5.75 Å². The first-order chi connectivity index (χ1) is 6.07. The van der Waals surface area contributed by atoms with Crippen LogP contribution < -0.4 is 0 Å². The molecule has 0 amide bonds. The minimum Gasteiger partial charge on any atom is -0.481 e. The van der Waals surface area contributed by atoms with E-state index in [4.69, 9.17) is 5.11 Å². The smallest absolute Gasteiger partial charge is 0.307 e. The molecule has 0 aliphatic heterocycles. The summed E-state index contributed by atoms with van der Waals surface area (Å²) in [4.78, 5) is 10.4. The molecule has 3 nitrogen and oxygen atoms in total. The van der Waals surface area contributed by atoms with Crippen molar-refractivity contribution in [2.24, 2.45) is 5.92 Å². The van der Waals surface area contributed by atoms with Crippen LogP contribution >= 0.6 is 11.8 Å². The van der Waals surface area contributed by atoms with E-state index < -0.39 is 22.7 Å². The molecule has 0 aromatic carbocycles. The van der Waals surface area contributed by atoms with Gasteiger partial charge < -0.3 is 5.11 Å². The molecule has 2 atom stereocenters. The summed E-state index contributed by atoms with van der Waals surface area (Å²) in [7, 11) is -0.974. The van der Waals surface area contributed by atoms with Gasteiger partial charge in [-0.1, -0.05) is 13.8 Å². The van der Waals surface area contributed by atoms with Crippen molar-refractivity contribution in [2.75, 3.05) is 23.0 Å². The second kappa shape index (κ2) is 7.38. The summed E-state index contributed by atoms with van der Waals surface area (Å²) in [5.74, 6) is 1.40. The average Bonchev–Trinajstić information content (AvgIpc) is 2.04. The lowest BCUT2D eigenvalue weighted by Crippen LogP contribution is -2.19. The highest BCUT2D eigenvalue weighted by Crippen LogP contribution is 2.02. The molecule has 0 aromatic rings. The first-order valence-corrected chi connectivity index (χ1v) is 6.87. The number of aliphatic carboxylic acids is 1. The Kier molecular flexibility index (Phi) is 7.36. The van der Waals surface area contributed by atoms with Crippen molar-refractivity contribution < 1.29 is 14.1 Å². The van der Waals surface area contributed by atoms with Crippen LogP contribution in [0.4, 0.5) is 0 Å². The van der Waals surface area contributed by atoms with Crippen LogP contribution in [0.25, 0.3) is 0 Å². The Morgan fingerprint density at radius 3 is 2.69 bits per heavy atom. The zero-order valence-corrected chi connectivity index (χ0v) is 9.62. The van der Waals surface area contributed by atoms with Crippen molar-refractivity contribution in [1.82, 2.24) is 0 Å². The number of carboxylic acids is 1. The van der Waals surface area contributed by atoms with Crippen LogP contribution in [-0.4, -0.2) is 38.3 Å². The lowest BCUT2D eigenvalue weighted by atomic mass is 10.2. The van der Waals surface area contributed by atoms with E-state index in [1.807, 2.05) is 6.92 Å². The van der Waals surface area contributed by atoms with E-state index in [9.17, 15) is 9.00 Å². The van der Waals surface area contributed by atoms with Gasteiger partial charge in [0, 0.05) is 28.1 Å². The van der Waals surface area contributed by atoms with Crippen molar-refractivity contribution in [3.8, 4) is 0 Å². The van der Waals surface area contributed by atoms with Gasteiger partial charge in [0.25, 0.3) is 0 Å². The minimum atomic E-state index is -0.974. The molecule has 0 saturated heterocycles. The summed E-state index contributed by atoms with van der Waals surface area (Å²) >= 11 is 1.73. The highest BCUT2D eigenvalue weighted by Gasteiger charge is 2.14. The van der Waals surface area contributed by atoms with Crippen LogP contribution in [0, 0.1) is 5.92 Å². The maximum absolute atomic E-state index is 11.3. The fraction of sp³-hybridized carbons (Fsp3) is 0.875. The van der Waals surface area contributed by atoms with Crippen LogP contribution in [0.1, 0.15) is 13.8 Å². The molecular formula is C8H16O3S2. The highest BCUT2D eigenvalue weighted by atomic mass is 32.2. The molecule has 2 unspecified atom stereocenters. The molecule has 1 N–H and O–H groups in total. The Balaban J connectivity index is 3.56. The number of hydrogen-bond acceptors (Lipinski definition) is 3. The molecule has 0 spiro atoms. The zero-order valence-electron chi connectivity index (χ0n) is 7.99. The molecule has 0 fully saturated rings. The van der Waals surface area contributed by atoms with Crippen molar-refractivity contribution in [3.05, 3.63) is 0 Å². The fourth-order valence-electron chi connectivity index (χ4n) is 0.730. The van der Waals surface area contributed by atoms with Crippen molar-refractivity contribution in [2.45, 2.75) is 13.8 Å². The summed E-state index contributed by atoms with van der Waals surface area (Å²) in [6.45, 7) is 3.64. The molecular weight excluding hydrogens is 208 g/mol. The Labute approximate surface area is 85.7 Å². The van der Waals surface area contributed by atoms with Gasteiger partial charge in [-0.15, -0.1) is 0 Å². The summed E-state index contributed by atoms with van der Waals surface area (Å²) < 4.78 is 11.3. The van der Waals surface area contributed by atoms with Crippen LogP contribution in [0.15, 0.2) is 0 Å². The van der Waals surface area contributed by atoms with E-state index in [0.29, 0.717) is 5.75 Å². The monoisotopic (exact) mass is 224 g/mol. The van der Waals surface area contributed by atoms with Gasteiger partial charge in [-0.3, -0.25) is 9.00 Å². The predicted molar refractivity (Wildman–Crippen MR) is 57.7 cm³/mol. The van der Waals surface area contributed by atoms with Crippen LogP contribution in [0.5, 0.6) is 0 Å². The van der Waals surface area contributed by atoms with Crippen LogP contribution in [0.2, 0.25) is 0 Å². The second-order valence-corrected chi connectivity index (χ2v) is 5.76. The molecule has 13 heavy (non-hydrogen) atoms. The second-order valence-electron chi connectivity index (χ2n) is 2.75. The van der Waals surface area contributed by atoms with E-state index in [2.05, 4.69) is 0 Å². The summed E-state index contributed by atoms with van der Waals surface area (Å²) in [5, 5.41) is 8.56. The number of thioether (sulfide) groups is 1. The third kappa shape index (κ3) is 7.07. The zero-order chi connectivity index (χ0) is 10.3. The summed E-state index contributed by atoms with van der Waals surface area (Å²) in [5.41, 5.74) is 0. The Hall–Kier alpha value is -0.0300. The lowest BCUT2D eigenvalue weighted by molar-refractivity contribution is -0.140. The van der Waals surface area contributed by atoms with E-state index in [1.54, 1.807) is 18.7 Å². The predicted octanol–water partition coefficient (Wildman–Crippen LogP) is 1.21. The maximum Gasteiger partial charge on any atom is 0.307 e. The first kappa shape index (κ1) is 13.0. The third-order valence-corrected chi connectivity index (χ3v) is 4.21. The van der Waals surface area contributed by atoms with Gasteiger partial charge in [-0.2, -0.15) is 11.8 Å². The van der Waals surface area contributed by atoms with Crippen LogP contribution in [0.3, 0.4) is 0 Å². The normalized spacial score (nSPS) is 15.2. The van der Waals surface area contributed by atoms with Crippen LogP contribution in [-0.2, 0) is 15.6 Å². The Bertz CT molecular complexity index is 182. The van der Waals surface area contributed by atoms with E-state index >= 15 is 0 Å². The van der Waals surface area contributed by atoms with Crippen molar-refractivity contribution in [3.63, 3.8) is 0 Å². The lowest BCUT2D eigenvalue weighted by Gasteiger charge is -2.05. The molecule has 0 heterocycles.